The molecule has 0 radical (unpaired) electrons. The van der Waals surface area contributed by atoms with Crippen LogP contribution < -0.4 is 9.44 Å². The molecule has 0 saturated carbocycles. The van der Waals surface area contributed by atoms with Gasteiger partial charge in [0.15, 0.2) is 0 Å². The number of nitrogens with one attached hydrogen (secondary N) is 2. The van der Waals surface area contributed by atoms with Crippen molar-refractivity contribution in [2.24, 2.45) is 5.92 Å². The Morgan fingerprint density at radius 1 is 1.44 bits per heavy atom. The molecule has 0 fully saturated rings. The van der Waals surface area contributed by atoms with Gasteiger partial charge in [-0.3, -0.25) is 4.72 Å². The highest BCUT2D eigenvalue weighted by molar-refractivity contribution is 7.90. The van der Waals surface area contributed by atoms with Crippen LogP contribution in [0, 0.1) is 17.2 Å². The van der Waals surface area contributed by atoms with E-state index in [1.165, 1.54) is 18.2 Å². The lowest BCUT2D eigenvalue weighted by atomic mass is 10.2. The summed E-state index contributed by atoms with van der Waals surface area (Å²) in [5.41, 5.74) is 0.616. The summed E-state index contributed by atoms with van der Waals surface area (Å²) in [6.45, 7) is 4.14. The normalized spacial score (nSPS) is 11.3. The molecule has 7 heteroatoms. The molecule has 0 heterocycles. The van der Waals surface area contributed by atoms with Crippen LogP contribution in [-0.2, 0) is 10.2 Å². The molecular formula is C11H14ClN3O2S. The van der Waals surface area contributed by atoms with Gasteiger partial charge in [0.05, 0.1) is 22.3 Å². The van der Waals surface area contributed by atoms with Gasteiger partial charge in [-0.15, -0.1) is 0 Å². The lowest BCUT2D eigenvalue weighted by molar-refractivity contribution is 0.565. The largest absolute Gasteiger partial charge is 0.299 e. The van der Waals surface area contributed by atoms with E-state index in [1.54, 1.807) is 0 Å². The third-order valence-corrected chi connectivity index (χ3v) is 3.37. The van der Waals surface area contributed by atoms with Crippen LogP contribution in [0.25, 0.3) is 0 Å². The minimum absolute atomic E-state index is 0.184. The molecule has 0 unspecified atom stereocenters. The zero-order valence-electron chi connectivity index (χ0n) is 10.1. The Morgan fingerprint density at radius 2 is 2.11 bits per heavy atom. The quantitative estimate of drug-likeness (QED) is 0.870. The number of anilines is 1. The summed E-state index contributed by atoms with van der Waals surface area (Å²) in [5, 5.41) is 8.86. The molecule has 0 spiro atoms. The molecule has 1 aromatic carbocycles. The van der Waals surface area contributed by atoms with Crippen LogP contribution in [0.1, 0.15) is 19.4 Å². The van der Waals surface area contributed by atoms with Gasteiger partial charge in [0.2, 0.25) is 0 Å². The topological polar surface area (TPSA) is 82.0 Å². The van der Waals surface area contributed by atoms with Gasteiger partial charge in [0.1, 0.15) is 0 Å². The van der Waals surface area contributed by atoms with E-state index < -0.39 is 10.2 Å². The number of hydrogen-bond acceptors (Lipinski definition) is 3. The van der Waals surface area contributed by atoms with E-state index in [2.05, 4.69) is 9.44 Å². The van der Waals surface area contributed by atoms with Crippen LogP contribution in [0.2, 0.25) is 5.02 Å². The Bertz CT molecular complexity index is 564. The van der Waals surface area contributed by atoms with Crippen molar-refractivity contribution in [2.75, 3.05) is 11.3 Å². The Labute approximate surface area is 112 Å². The van der Waals surface area contributed by atoms with Crippen LogP contribution in [-0.4, -0.2) is 15.0 Å². The number of halogens is 1. The lowest BCUT2D eigenvalue weighted by Crippen LogP contribution is -2.32. The van der Waals surface area contributed by atoms with Gasteiger partial charge in [-0.1, -0.05) is 25.4 Å². The van der Waals surface area contributed by atoms with Crippen molar-refractivity contribution in [2.45, 2.75) is 13.8 Å². The van der Waals surface area contributed by atoms with Gasteiger partial charge in [-0.2, -0.15) is 18.4 Å². The predicted octanol–water partition coefficient (Wildman–Crippen LogP) is 2.11. The van der Waals surface area contributed by atoms with Crippen molar-refractivity contribution in [1.82, 2.24) is 4.72 Å². The summed E-state index contributed by atoms with van der Waals surface area (Å²) in [7, 11) is -3.64. The molecule has 0 aliphatic rings. The summed E-state index contributed by atoms with van der Waals surface area (Å²) in [6, 6.07) is 6.27. The van der Waals surface area contributed by atoms with Crippen molar-refractivity contribution in [3.8, 4) is 6.07 Å². The Kier molecular flexibility index (Phi) is 4.96. The Balaban J connectivity index is 2.82. The number of hydrogen-bond donors (Lipinski definition) is 2. The SMILES string of the molecule is CC(C)CNS(=O)(=O)Nc1ccc(C#N)cc1Cl. The third-order valence-electron chi connectivity index (χ3n) is 2.02. The molecule has 18 heavy (non-hydrogen) atoms. The summed E-state index contributed by atoms with van der Waals surface area (Å²) >= 11 is 5.87. The van der Waals surface area contributed by atoms with Crippen LogP contribution >= 0.6 is 11.6 Å². The molecule has 98 valence electrons. The predicted molar refractivity (Wildman–Crippen MR) is 71.6 cm³/mol. The van der Waals surface area contributed by atoms with E-state index in [-0.39, 0.29) is 16.6 Å². The second kappa shape index (κ2) is 6.05. The smallest absolute Gasteiger partial charge is 0.270 e. The molecule has 0 amide bonds. The Hall–Kier alpha value is -1.29. The van der Waals surface area contributed by atoms with E-state index in [0.717, 1.165) is 0 Å². The maximum Gasteiger partial charge on any atom is 0.299 e. The molecule has 0 aromatic heterocycles. The van der Waals surface area contributed by atoms with Crippen LogP contribution in [0.3, 0.4) is 0 Å². The van der Waals surface area contributed by atoms with E-state index in [9.17, 15) is 8.42 Å². The first kappa shape index (κ1) is 14.8. The number of rotatable bonds is 5. The molecule has 0 aliphatic heterocycles. The van der Waals surface area contributed by atoms with Gasteiger partial charge in [-0.25, -0.2) is 0 Å². The van der Waals surface area contributed by atoms with Gasteiger partial charge in [0.25, 0.3) is 10.2 Å². The van der Waals surface area contributed by atoms with E-state index in [4.69, 9.17) is 16.9 Å². The van der Waals surface area contributed by atoms with Crippen molar-refractivity contribution < 1.29 is 8.42 Å². The maximum absolute atomic E-state index is 11.7. The average Bonchev–Trinajstić information content (AvgIpc) is 2.29. The zero-order valence-corrected chi connectivity index (χ0v) is 11.6. The van der Waals surface area contributed by atoms with Gasteiger partial charge in [-0.05, 0) is 24.1 Å². The van der Waals surface area contributed by atoms with E-state index in [0.29, 0.717) is 12.1 Å². The molecule has 5 nitrogen and oxygen atoms in total. The van der Waals surface area contributed by atoms with E-state index in [1.807, 2.05) is 19.9 Å². The minimum Gasteiger partial charge on any atom is -0.270 e. The fraction of sp³-hybridized carbons (Fsp3) is 0.364. The first-order valence-corrected chi connectivity index (χ1v) is 7.17. The lowest BCUT2D eigenvalue weighted by Gasteiger charge is -2.11. The molecular weight excluding hydrogens is 274 g/mol. The second-order valence-electron chi connectivity index (χ2n) is 4.15. The minimum atomic E-state index is -3.64. The molecule has 2 N–H and O–H groups in total. The molecule has 0 atom stereocenters. The van der Waals surface area contributed by atoms with Gasteiger partial charge in [0, 0.05) is 6.54 Å². The summed E-state index contributed by atoms with van der Waals surface area (Å²) in [4.78, 5) is 0. The summed E-state index contributed by atoms with van der Waals surface area (Å²) in [5.74, 6) is 0.206. The molecule has 0 bridgehead atoms. The van der Waals surface area contributed by atoms with Crippen molar-refractivity contribution in [3.63, 3.8) is 0 Å². The number of benzene rings is 1. The Morgan fingerprint density at radius 3 is 2.61 bits per heavy atom. The van der Waals surface area contributed by atoms with Crippen molar-refractivity contribution >= 4 is 27.5 Å². The van der Waals surface area contributed by atoms with Crippen LogP contribution in [0.5, 0.6) is 0 Å². The summed E-state index contributed by atoms with van der Waals surface area (Å²) in [6.07, 6.45) is 0. The summed E-state index contributed by atoms with van der Waals surface area (Å²) < 4.78 is 28.0. The number of nitrogens with zero attached hydrogens (tertiary/aromatic N) is 1. The number of nitriles is 1. The molecule has 0 aliphatic carbocycles. The zero-order chi connectivity index (χ0) is 13.8. The van der Waals surface area contributed by atoms with E-state index >= 15 is 0 Å². The molecule has 1 rings (SSSR count). The monoisotopic (exact) mass is 287 g/mol. The van der Waals surface area contributed by atoms with Crippen molar-refractivity contribution in [1.29, 1.82) is 5.26 Å². The standard InChI is InChI=1S/C11H14ClN3O2S/c1-8(2)7-14-18(16,17)15-11-4-3-9(6-13)5-10(11)12/h3-5,8,14-15H,7H2,1-2H3. The second-order valence-corrected chi connectivity index (χ2v) is 6.06. The molecule has 0 saturated heterocycles. The first-order chi connectivity index (χ1) is 8.34. The van der Waals surface area contributed by atoms with Crippen molar-refractivity contribution in [3.05, 3.63) is 28.8 Å². The fourth-order valence-corrected chi connectivity index (χ4v) is 2.50. The highest BCUT2D eigenvalue weighted by atomic mass is 35.5. The third kappa shape index (κ3) is 4.53. The van der Waals surface area contributed by atoms with Crippen LogP contribution in [0.4, 0.5) is 5.69 Å². The van der Waals surface area contributed by atoms with Crippen LogP contribution in [0.15, 0.2) is 18.2 Å². The fourth-order valence-electron chi connectivity index (χ4n) is 1.12. The average molecular weight is 288 g/mol. The highest BCUT2D eigenvalue weighted by Crippen LogP contribution is 2.23. The first-order valence-electron chi connectivity index (χ1n) is 5.31. The van der Waals surface area contributed by atoms with Gasteiger partial charge < -0.3 is 0 Å². The highest BCUT2D eigenvalue weighted by Gasteiger charge is 2.12. The molecule has 1 aromatic rings. The van der Waals surface area contributed by atoms with Gasteiger partial charge >= 0.3 is 0 Å². The maximum atomic E-state index is 11.7.